The summed E-state index contributed by atoms with van der Waals surface area (Å²) in [4.78, 5) is 28.4. The number of aryl methyl sites for hydroxylation is 1. The number of rotatable bonds is 14. The third-order valence-corrected chi connectivity index (χ3v) is 12.8. The van der Waals surface area contributed by atoms with Crippen molar-refractivity contribution < 1.29 is 18.0 Å². The Morgan fingerprint density at radius 2 is 1.72 bits per heavy atom. The number of allylic oxidation sites excluding steroid dienone is 1. The second-order valence-electron chi connectivity index (χ2n) is 14.2. The molecule has 0 spiro atoms. The van der Waals surface area contributed by atoms with Crippen LogP contribution in [0.25, 0.3) is 10.9 Å². The molecule has 0 unspecified atom stereocenters. The lowest BCUT2D eigenvalue weighted by Gasteiger charge is -2.38. The number of anilines is 2. The van der Waals surface area contributed by atoms with Gasteiger partial charge in [0, 0.05) is 76.9 Å². The van der Waals surface area contributed by atoms with E-state index in [1.807, 2.05) is 43.9 Å². The van der Waals surface area contributed by atoms with Crippen molar-refractivity contribution in [3.63, 3.8) is 0 Å². The minimum atomic E-state index is -3.54. The zero-order valence-corrected chi connectivity index (χ0v) is 32.4. The number of aldehydes is 1. The molecule has 3 fully saturated rings. The number of fused-ring (bicyclic) bond motifs is 1. The molecule has 3 aromatic rings. The van der Waals surface area contributed by atoms with Crippen molar-refractivity contribution in [1.82, 2.24) is 29.6 Å². The monoisotopic (exact) mass is 747 g/mol. The number of aromatic nitrogens is 2. The number of amides is 1. The molecule has 6 rings (SSSR count). The summed E-state index contributed by atoms with van der Waals surface area (Å²) in [5, 5.41) is 14.7. The highest BCUT2D eigenvalue weighted by molar-refractivity contribution is 7.89. The third kappa shape index (κ3) is 10.2. The van der Waals surface area contributed by atoms with Crippen LogP contribution in [0.4, 0.5) is 11.5 Å². The van der Waals surface area contributed by atoms with Gasteiger partial charge in [0.25, 0.3) is 0 Å². The molecule has 0 aliphatic carbocycles. The van der Waals surface area contributed by atoms with E-state index in [2.05, 4.69) is 66.8 Å². The SMILES string of the molecule is C=N/C(=C/C)NC1CCN(S(=O)(=O)c2cccc(N3CCC(CN4CCC(c5ccc6c(NC)nn(C)c6c5)CC4)CC3)c2)CC1.O=CCCNC=O. The van der Waals surface area contributed by atoms with Crippen LogP contribution in [0.3, 0.4) is 0 Å². The Bertz CT molecular complexity index is 1800. The molecule has 0 bridgehead atoms. The molecule has 13 nitrogen and oxygen atoms in total. The van der Waals surface area contributed by atoms with Crippen LogP contribution in [0, 0.1) is 5.92 Å². The standard InChI is InChI=1S/C35H50N8O2S.C4H7NO2/c1-5-34(36-2)38-29-15-21-43(22-16-29)46(44,45)31-8-6-7-30(24-31)42-19-11-26(12-20-42)25-41-17-13-27(14-18-41)28-9-10-32-33(23-28)40(4)39-35(32)37-3;6-3-1-2-5-4-7/h5-10,23-24,26-27,29,38H,2,11-22,25H2,1,3-4H3,(H,37,39);3-4H,1-2H2,(H,5,7)/b34-5-;. The lowest BCUT2D eigenvalue weighted by atomic mass is 9.88. The summed E-state index contributed by atoms with van der Waals surface area (Å²) in [6, 6.07) is 14.6. The summed E-state index contributed by atoms with van der Waals surface area (Å²) in [5.74, 6) is 2.97. The van der Waals surface area contributed by atoms with E-state index >= 15 is 0 Å². The number of sulfonamides is 1. The Labute approximate surface area is 314 Å². The van der Waals surface area contributed by atoms with E-state index in [-0.39, 0.29) is 6.04 Å². The second-order valence-corrected chi connectivity index (χ2v) is 16.1. The minimum Gasteiger partial charge on any atom is -0.371 e. The van der Waals surface area contributed by atoms with E-state index in [4.69, 9.17) is 0 Å². The van der Waals surface area contributed by atoms with Gasteiger partial charge in [0.2, 0.25) is 16.4 Å². The summed E-state index contributed by atoms with van der Waals surface area (Å²) in [6.07, 6.45) is 9.77. The van der Waals surface area contributed by atoms with Crippen molar-refractivity contribution >= 4 is 51.8 Å². The fraction of sp³-hybridized carbons (Fsp3) is 0.538. The number of nitrogens with one attached hydrogen (secondary N) is 3. The second kappa shape index (κ2) is 19.2. The fourth-order valence-corrected chi connectivity index (χ4v) is 9.27. The number of carbonyl (C=O) groups is 2. The summed E-state index contributed by atoms with van der Waals surface area (Å²) >= 11 is 0. The average molecular weight is 748 g/mol. The van der Waals surface area contributed by atoms with Crippen LogP contribution in [0.5, 0.6) is 0 Å². The van der Waals surface area contributed by atoms with Crippen LogP contribution in [0.2, 0.25) is 0 Å². The summed E-state index contributed by atoms with van der Waals surface area (Å²) < 4.78 is 30.8. The van der Waals surface area contributed by atoms with Gasteiger partial charge in [-0.05, 0) is 119 Å². The van der Waals surface area contributed by atoms with E-state index in [9.17, 15) is 18.0 Å². The maximum absolute atomic E-state index is 13.6. The highest BCUT2D eigenvalue weighted by Crippen LogP contribution is 2.33. The molecule has 0 atom stereocenters. The molecule has 53 heavy (non-hydrogen) atoms. The smallest absolute Gasteiger partial charge is 0.243 e. The first-order valence-corrected chi connectivity index (χ1v) is 20.4. The number of hydrogen-bond acceptors (Lipinski definition) is 10. The molecule has 3 aliphatic rings. The fourth-order valence-electron chi connectivity index (χ4n) is 7.76. The Balaban J connectivity index is 0.000000705. The first-order valence-electron chi connectivity index (χ1n) is 18.9. The van der Waals surface area contributed by atoms with Gasteiger partial charge in [-0.15, -0.1) is 0 Å². The van der Waals surface area contributed by atoms with E-state index in [0.717, 1.165) is 82.0 Å². The Morgan fingerprint density at radius 1 is 0.981 bits per heavy atom. The van der Waals surface area contributed by atoms with Crippen LogP contribution in [0.1, 0.15) is 63.4 Å². The van der Waals surface area contributed by atoms with E-state index in [1.165, 1.54) is 29.3 Å². The van der Waals surface area contributed by atoms with Gasteiger partial charge in [-0.1, -0.05) is 12.1 Å². The molecular formula is C39H57N9O4S. The molecule has 1 amide bonds. The third-order valence-electron chi connectivity index (χ3n) is 10.9. The summed E-state index contributed by atoms with van der Waals surface area (Å²) in [5.41, 5.74) is 3.64. The number of piperidine rings is 3. The van der Waals surface area contributed by atoms with Gasteiger partial charge in [0.15, 0.2) is 5.82 Å². The number of aliphatic imine (C=N–C) groups is 1. The average Bonchev–Trinajstić information content (AvgIpc) is 3.52. The van der Waals surface area contributed by atoms with Gasteiger partial charge >= 0.3 is 0 Å². The maximum atomic E-state index is 13.6. The number of hydrogen-bond donors (Lipinski definition) is 3. The first kappa shape index (κ1) is 39.9. The molecule has 14 heteroatoms. The van der Waals surface area contributed by atoms with Crippen LogP contribution in [0.15, 0.2) is 64.2 Å². The van der Waals surface area contributed by atoms with Gasteiger partial charge in [-0.2, -0.15) is 9.40 Å². The molecule has 1 aromatic heterocycles. The number of likely N-dealkylation sites (tertiary alicyclic amines) is 1. The minimum absolute atomic E-state index is 0.205. The van der Waals surface area contributed by atoms with Crippen molar-refractivity contribution in [3.05, 3.63) is 59.9 Å². The molecule has 3 saturated heterocycles. The van der Waals surface area contributed by atoms with Crippen molar-refractivity contribution in [2.45, 2.75) is 68.7 Å². The highest BCUT2D eigenvalue weighted by Gasteiger charge is 2.31. The Hall–Kier alpha value is -4.27. The Kier molecular flexibility index (Phi) is 14.4. The zero-order valence-electron chi connectivity index (χ0n) is 31.5. The lowest BCUT2D eigenvalue weighted by molar-refractivity contribution is -0.110. The van der Waals surface area contributed by atoms with Gasteiger partial charge in [0.05, 0.1) is 10.4 Å². The van der Waals surface area contributed by atoms with Gasteiger partial charge in [-0.25, -0.2) is 13.4 Å². The largest absolute Gasteiger partial charge is 0.371 e. The lowest BCUT2D eigenvalue weighted by Crippen LogP contribution is -2.44. The normalized spacial score (nSPS) is 18.6. The van der Waals surface area contributed by atoms with Crippen LogP contribution < -0.4 is 20.9 Å². The van der Waals surface area contributed by atoms with Gasteiger partial charge in [-0.3, -0.25) is 9.48 Å². The number of nitrogens with zero attached hydrogens (tertiary/aromatic N) is 6. The van der Waals surface area contributed by atoms with Crippen molar-refractivity contribution in [1.29, 1.82) is 0 Å². The molecule has 4 heterocycles. The van der Waals surface area contributed by atoms with Crippen molar-refractivity contribution in [2.24, 2.45) is 18.0 Å². The molecule has 2 aromatic carbocycles. The molecule has 3 aliphatic heterocycles. The van der Waals surface area contributed by atoms with Crippen LogP contribution in [-0.4, -0.2) is 112 Å². The van der Waals surface area contributed by atoms with Crippen LogP contribution >= 0.6 is 0 Å². The number of carbonyl (C=O) groups excluding carboxylic acids is 2. The molecule has 0 saturated carbocycles. The predicted octanol–water partition coefficient (Wildman–Crippen LogP) is 4.34. The first-order chi connectivity index (χ1) is 25.7. The number of benzene rings is 2. The highest BCUT2D eigenvalue weighted by atomic mass is 32.2. The maximum Gasteiger partial charge on any atom is 0.243 e. The predicted molar refractivity (Wildman–Crippen MR) is 213 cm³/mol. The topological polar surface area (TPSA) is 144 Å². The Morgan fingerprint density at radius 3 is 2.36 bits per heavy atom. The van der Waals surface area contributed by atoms with E-state index in [1.54, 1.807) is 10.4 Å². The van der Waals surface area contributed by atoms with Crippen LogP contribution in [-0.2, 0) is 26.7 Å². The van der Waals surface area contributed by atoms with E-state index in [0.29, 0.717) is 49.2 Å². The molecule has 288 valence electrons. The van der Waals surface area contributed by atoms with Crippen molar-refractivity contribution in [3.8, 4) is 0 Å². The van der Waals surface area contributed by atoms with Gasteiger partial charge in [0.1, 0.15) is 12.1 Å². The quantitative estimate of drug-likeness (QED) is 0.125. The summed E-state index contributed by atoms with van der Waals surface area (Å²) in [6.45, 7) is 12.3. The van der Waals surface area contributed by atoms with Crippen molar-refractivity contribution in [2.75, 3.05) is 69.6 Å². The summed E-state index contributed by atoms with van der Waals surface area (Å²) in [7, 11) is 0.405. The molecule has 3 N–H and O–H groups in total. The van der Waals surface area contributed by atoms with Gasteiger partial charge < -0.3 is 30.5 Å². The zero-order chi connectivity index (χ0) is 37.8. The molecule has 0 radical (unpaired) electrons. The van der Waals surface area contributed by atoms with E-state index < -0.39 is 10.0 Å². The molecular weight excluding hydrogens is 691 g/mol.